The Morgan fingerprint density at radius 3 is 2.29 bits per heavy atom. The van der Waals surface area contributed by atoms with E-state index in [9.17, 15) is 8.42 Å². The highest BCUT2D eigenvalue weighted by Crippen LogP contribution is 2.34. The number of sulfonamides is 1. The van der Waals surface area contributed by atoms with Gasteiger partial charge in [0.2, 0.25) is 10.0 Å². The monoisotopic (exact) mass is 477 g/mol. The standard InChI is InChI=1S/C27H31N3O3S/c1-28-14-16-29(17-15-28)26-19-25(10-11-27(26)33-2)34(31,32)30-13-12-22-8-9-23(18-24(22)20-30)21-6-4-3-5-7-21/h3-11,18-19H,12-17,20H2,1-2H3. The van der Waals surface area contributed by atoms with Crippen LogP contribution in [0.5, 0.6) is 5.75 Å². The fraction of sp³-hybridized carbons (Fsp3) is 0.333. The lowest BCUT2D eigenvalue weighted by Gasteiger charge is -2.35. The smallest absolute Gasteiger partial charge is 0.243 e. The maximum atomic E-state index is 13.7. The van der Waals surface area contributed by atoms with E-state index in [0.29, 0.717) is 30.2 Å². The summed E-state index contributed by atoms with van der Waals surface area (Å²) in [6.07, 6.45) is 0.713. The molecular weight excluding hydrogens is 446 g/mol. The predicted molar refractivity (Wildman–Crippen MR) is 136 cm³/mol. The molecule has 34 heavy (non-hydrogen) atoms. The first-order valence-electron chi connectivity index (χ1n) is 11.7. The van der Waals surface area contributed by atoms with E-state index in [1.807, 2.05) is 18.2 Å². The summed E-state index contributed by atoms with van der Waals surface area (Å²) in [4.78, 5) is 4.82. The van der Waals surface area contributed by atoms with E-state index in [1.54, 1.807) is 29.6 Å². The number of anilines is 1. The zero-order valence-corrected chi connectivity index (χ0v) is 20.6. The van der Waals surface area contributed by atoms with Crippen LogP contribution in [0.25, 0.3) is 11.1 Å². The van der Waals surface area contributed by atoms with E-state index in [-0.39, 0.29) is 0 Å². The second-order valence-electron chi connectivity index (χ2n) is 9.06. The van der Waals surface area contributed by atoms with Crippen molar-refractivity contribution in [1.82, 2.24) is 9.21 Å². The van der Waals surface area contributed by atoms with Crippen molar-refractivity contribution in [1.29, 1.82) is 0 Å². The molecule has 1 fully saturated rings. The molecule has 2 aliphatic heterocycles. The summed E-state index contributed by atoms with van der Waals surface area (Å²) in [5.41, 5.74) is 5.39. The van der Waals surface area contributed by atoms with Gasteiger partial charge in [0.15, 0.2) is 0 Å². The molecule has 1 saturated heterocycles. The molecule has 0 spiro atoms. The van der Waals surface area contributed by atoms with Crippen LogP contribution in [0.2, 0.25) is 0 Å². The van der Waals surface area contributed by atoms with Crippen molar-refractivity contribution in [2.45, 2.75) is 17.9 Å². The number of piperazine rings is 1. The average molecular weight is 478 g/mol. The van der Waals surface area contributed by atoms with Crippen LogP contribution in [0.3, 0.4) is 0 Å². The average Bonchev–Trinajstić information content (AvgIpc) is 2.88. The minimum atomic E-state index is -3.64. The van der Waals surface area contributed by atoms with Gasteiger partial charge in [0, 0.05) is 39.3 Å². The zero-order chi connectivity index (χ0) is 23.7. The predicted octanol–water partition coefficient (Wildman–Crippen LogP) is 3.86. The van der Waals surface area contributed by atoms with E-state index in [0.717, 1.165) is 48.6 Å². The number of ether oxygens (including phenoxy) is 1. The van der Waals surface area contributed by atoms with Crippen LogP contribution in [-0.4, -0.2) is 64.5 Å². The van der Waals surface area contributed by atoms with Gasteiger partial charge in [-0.25, -0.2) is 8.42 Å². The maximum absolute atomic E-state index is 13.7. The molecule has 3 aromatic rings. The number of fused-ring (bicyclic) bond motifs is 1. The Kier molecular flexibility index (Phi) is 6.34. The molecule has 0 unspecified atom stereocenters. The van der Waals surface area contributed by atoms with E-state index in [4.69, 9.17) is 4.74 Å². The SMILES string of the molecule is COc1ccc(S(=O)(=O)N2CCc3ccc(-c4ccccc4)cc3C2)cc1N1CCN(C)CC1. The van der Waals surface area contributed by atoms with Gasteiger partial charge in [-0.1, -0.05) is 42.5 Å². The van der Waals surface area contributed by atoms with Crippen molar-refractivity contribution >= 4 is 15.7 Å². The second kappa shape index (κ2) is 9.41. The van der Waals surface area contributed by atoms with Gasteiger partial charge in [-0.2, -0.15) is 4.31 Å². The Morgan fingerprint density at radius 2 is 1.56 bits per heavy atom. The largest absolute Gasteiger partial charge is 0.495 e. The minimum Gasteiger partial charge on any atom is -0.495 e. The van der Waals surface area contributed by atoms with E-state index in [1.165, 1.54) is 5.56 Å². The van der Waals surface area contributed by atoms with E-state index in [2.05, 4.69) is 47.2 Å². The molecular formula is C27H31N3O3S. The fourth-order valence-electron chi connectivity index (χ4n) is 4.82. The summed E-state index contributed by atoms with van der Waals surface area (Å²) >= 11 is 0. The zero-order valence-electron chi connectivity index (χ0n) is 19.8. The molecule has 5 rings (SSSR count). The number of nitrogens with zero attached hydrogens (tertiary/aromatic N) is 3. The van der Waals surface area contributed by atoms with Crippen LogP contribution in [0, 0.1) is 0 Å². The summed E-state index contributed by atoms with van der Waals surface area (Å²) in [6, 6.07) is 21.8. The first-order valence-corrected chi connectivity index (χ1v) is 13.2. The van der Waals surface area contributed by atoms with E-state index >= 15 is 0 Å². The van der Waals surface area contributed by atoms with Gasteiger partial charge in [-0.05, 0) is 60.0 Å². The number of benzene rings is 3. The Bertz CT molecular complexity index is 1270. The van der Waals surface area contributed by atoms with Gasteiger partial charge >= 0.3 is 0 Å². The van der Waals surface area contributed by atoms with Gasteiger partial charge < -0.3 is 14.5 Å². The first kappa shape index (κ1) is 22.9. The molecule has 0 radical (unpaired) electrons. The third-order valence-electron chi connectivity index (χ3n) is 6.92. The number of rotatable bonds is 5. The molecule has 0 amide bonds. The maximum Gasteiger partial charge on any atom is 0.243 e. The van der Waals surface area contributed by atoms with Crippen LogP contribution in [0.4, 0.5) is 5.69 Å². The highest BCUT2D eigenvalue weighted by atomic mass is 32.2. The van der Waals surface area contributed by atoms with Gasteiger partial charge in [0.05, 0.1) is 17.7 Å². The number of likely N-dealkylation sites (N-methyl/N-ethyl adjacent to an activating group) is 1. The Hall–Kier alpha value is -2.87. The fourth-order valence-corrected chi connectivity index (χ4v) is 6.26. The molecule has 0 atom stereocenters. The summed E-state index contributed by atoms with van der Waals surface area (Å²) in [5.74, 6) is 0.708. The molecule has 0 N–H and O–H groups in total. The van der Waals surface area contributed by atoms with Crippen LogP contribution in [0.15, 0.2) is 71.6 Å². The third kappa shape index (κ3) is 4.43. The lowest BCUT2D eigenvalue weighted by atomic mass is 9.95. The van der Waals surface area contributed by atoms with Gasteiger partial charge in [0.25, 0.3) is 0 Å². The highest BCUT2D eigenvalue weighted by Gasteiger charge is 2.30. The molecule has 2 aliphatic rings. The lowest BCUT2D eigenvalue weighted by molar-refractivity contribution is 0.311. The molecule has 178 valence electrons. The number of methoxy groups -OCH3 is 1. The molecule has 0 bridgehead atoms. The van der Waals surface area contributed by atoms with Crippen molar-refractivity contribution < 1.29 is 13.2 Å². The van der Waals surface area contributed by atoms with Crippen LogP contribution in [-0.2, 0) is 23.0 Å². The molecule has 3 aromatic carbocycles. The van der Waals surface area contributed by atoms with Crippen molar-refractivity contribution in [3.05, 3.63) is 77.9 Å². The summed E-state index contributed by atoms with van der Waals surface area (Å²) in [5, 5.41) is 0. The van der Waals surface area contributed by atoms with Crippen LogP contribution in [0.1, 0.15) is 11.1 Å². The Balaban J connectivity index is 1.43. The van der Waals surface area contributed by atoms with Gasteiger partial charge in [-0.3, -0.25) is 0 Å². The molecule has 0 saturated carbocycles. The first-order chi connectivity index (χ1) is 16.5. The highest BCUT2D eigenvalue weighted by molar-refractivity contribution is 7.89. The van der Waals surface area contributed by atoms with Gasteiger partial charge in [0.1, 0.15) is 5.75 Å². The summed E-state index contributed by atoms with van der Waals surface area (Å²) < 4.78 is 34.6. The molecule has 0 aliphatic carbocycles. The number of hydrogen-bond acceptors (Lipinski definition) is 5. The minimum absolute atomic E-state index is 0.324. The van der Waals surface area contributed by atoms with Crippen molar-refractivity contribution in [3.8, 4) is 16.9 Å². The lowest BCUT2D eigenvalue weighted by Crippen LogP contribution is -2.44. The molecule has 0 aromatic heterocycles. The van der Waals surface area contributed by atoms with Gasteiger partial charge in [-0.15, -0.1) is 0 Å². The Morgan fingerprint density at radius 1 is 0.794 bits per heavy atom. The quantitative estimate of drug-likeness (QED) is 0.559. The molecule has 6 nitrogen and oxygen atoms in total. The van der Waals surface area contributed by atoms with Crippen molar-refractivity contribution in [2.24, 2.45) is 0 Å². The van der Waals surface area contributed by atoms with Crippen LogP contribution < -0.4 is 9.64 Å². The summed E-state index contributed by atoms with van der Waals surface area (Å²) in [6.45, 7) is 4.43. The molecule has 2 heterocycles. The van der Waals surface area contributed by atoms with Crippen molar-refractivity contribution in [3.63, 3.8) is 0 Å². The van der Waals surface area contributed by atoms with E-state index < -0.39 is 10.0 Å². The third-order valence-corrected chi connectivity index (χ3v) is 8.76. The Labute approximate surface area is 202 Å². The van der Waals surface area contributed by atoms with Crippen LogP contribution >= 0.6 is 0 Å². The number of hydrogen-bond donors (Lipinski definition) is 0. The topological polar surface area (TPSA) is 53.1 Å². The summed E-state index contributed by atoms with van der Waals surface area (Å²) in [7, 11) is 0.0995. The second-order valence-corrected chi connectivity index (χ2v) is 11.0. The normalized spacial score (nSPS) is 17.4. The molecule has 7 heteroatoms. The van der Waals surface area contributed by atoms with Crippen molar-refractivity contribution in [2.75, 3.05) is 51.8 Å².